The van der Waals surface area contributed by atoms with E-state index in [9.17, 15) is 39.4 Å². The Morgan fingerprint density at radius 2 is 1.62 bits per heavy atom. The summed E-state index contributed by atoms with van der Waals surface area (Å²) in [5, 5.41) is 42.1. The molecule has 20 nitrogen and oxygen atoms in total. The highest BCUT2D eigenvalue weighted by molar-refractivity contribution is 6.00. The minimum Gasteiger partial charge on any atom is -0.504 e. The number of phenols is 1. The van der Waals surface area contributed by atoms with Gasteiger partial charge in [-0.15, -0.1) is 0 Å². The molecule has 5 unspecified atom stereocenters. The Bertz CT molecular complexity index is 2550. The van der Waals surface area contributed by atoms with E-state index in [0.717, 1.165) is 16.0 Å². The molecule has 4 aromatic rings. The molecule has 0 fully saturated rings. The Hall–Kier alpha value is -7.18. The van der Waals surface area contributed by atoms with Crippen molar-refractivity contribution in [3.8, 4) is 45.8 Å². The number of likely N-dealkylation sites (N-methyl/N-ethyl adjacent to an activating group) is 1. The van der Waals surface area contributed by atoms with Crippen molar-refractivity contribution in [3.05, 3.63) is 88.2 Å². The number of aryl methyl sites for hydroxylation is 2. The van der Waals surface area contributed by atoms with Crippen molar-refractivity contribution in [2.45, 2.75) is 90.1 Å². The number of benzene rings is 3. The number of nitriles is 1. The first-order valence-electron chi connectivity index (χ1n) is 22.6. The molecule has 5 rings (SSSR count). The highest BCUT2D eigenvalue weighted by Gasteiger charge is 2.37. The van der Waals surface area contributed by atoms with Crippen molar-refractivity contribution in [2.75, 3.05) is 46.4 Å². The van der Waals surface area contributed by atoms with Gasteiger partial charge in [0.25, 0.3) is 5.91 Å². The van der Waals surface area contributed by atoms with Crippen LogP contribution in [-0.4, -0.2) is 125 Å². The Labute approximate surface area is 401 Å². The molecule has 1 aliphatic rings. The predicted octanol–water partition coefficient (Wildman–Crippen LogP) is 1.30. The maximum absolute atomic E-state index is 14.8. The SMILES string of the molecule is Cc1nc(-c2ccc(C(C)(C)C)cc2)nc(C)c1C(=O)NC(CCN)C(=O)N(C)C1C(=O)NC(C)C(=O)NC(C(=O)NCC#N)Cc2ccc(OCCN)c(c2)-c2cc1cc(OCC(O)CN)c2O. The number of rotatable bonds is 16. The van der Waals surface area contributed by atoms with Gasteiger partial charge in [0, 0.05) is 43.2 Å². The molecule has 0 radical (unpaired) electrons. The third kappa shape index (κ3) is 12.9. The summed E-state index contributed by atoms with van der Waals surface area (Å²) >= 11 is 0. The summed E-state index contributed by atoms with van der Waals surface area (Å²) < 4.78 is 11.9. The van der Waals surface area contributed by atoms with Crippen molar-refractivity contribution in [1.29, 1.82) is 5.26 Å². The number of aromatic hydroxyl groups is 1. The number of hydrogen-bond acceptors (Lipinski definition) is 15. The summed E-state index contributed by atoms with van der Waals surface area (Å²) in [5.41, 5.74) is 21.0. The largest absolute Gasteiger partial charge is 0.504 e. The molecule has 20 heteroatoms. The standard InChI is InChI=1S/C49H63N11O9/c1-26-40(27(2)56-43(55-26)30-9-11-32(12-10-30)49(4,5)6)46(65)58-36(14-15-50)48(67)60(7)41-31-22-35(42(62)39(23-31)69-25-33(61)24-53)34-20-29(8-13-38(34)68-19-17-52)21-37(45(64)54-18-16-51)59-44(63)28(3)57-47(41)66/h8-13,20,22-23,28,33,36-37,41,61-62H,14-15,17-19,21,24-25,50,52-53H2,1-7H3,(H,54,64)(H,57,66)(H,58,65)(H,59,63). The molecular formula is C49H63N11O9. The van der Waals surface area contributed by atoms with Crippen LogP contribution in [0.1, 0.15) is 78.6 Å². The van der Waals surface area contributed by atoms with Gasteiger partial charge in [0.05, 0.1) is 23.0 Å². The van der Waals surface area contributed by atoms with E-state index < -0.39 is 65.6 Å². The highest BCUT2D eigenvalue weighted by Crippen LogP contribution is 2.45. The molecular weight excluding hydrogens is 887 g/mol. The number of carbonyl (C=O) groups excluding carboxylic acids is 5. The summed E-state index contributed by atoms with van der Waals surface area (Å²) in [4.78, 5) is 81.3. The molecule has 0 spiro atoms. The van der Waals surface area contributed by atoms with Crippen molar-refractivity contribution < 1.29 is 43.7 Å². The van der Waals surface area contributed by atoms with Crippen LogP contribution in [0, 0.1) is 25.2 Å². The zero-order valence-electron chi connectivity index (χ0n) is 40.0. The number of amides is 5. The zero-order chi connectivity index (χ0) is 50.7. The monoisotopic (exact) mass is 949 g/mol. The molecule has 12 N–H and O–H groups in total. The zero-order valence-corrected chi connectivity index (χ0v) is 40.0. The van der Waals surface area contributed by atoms with E-state index in [-0.39, 0.29) is 91.4 Å². The van der Waals surface area contributed by atoms with E-state index in [4.69, 9.17) is 26.7 Å². The Morgan fingerprint density at radius 1 is 0.942 bits per heavy atom. The number of carbonyl (C=O) groups is 5. The van der Waals surface area contributed by atoms with Crippen molar-refractivity contribution in [2.24, 2.45) is 17.2 Å². The maximum atomic E-state index is 14.8. The van der Waals surface area contributed by atoms with Crippen LogP contribution in [-0.2, 0) is 31.0 Å². The normalized spacial score (nSPS) is 16.9. The van der Waals surface area contributed by atoms with E-state index in [1.165, 1.54) is 26.1 Å². The van der Waals surface area contributed by atoms with E-state index in [1.54, 1.807) is 32.0 Å². The molecule has 368 valence electrons. The third-order valence-electron chi connectivity index (χ3n) is 11.5. The lowest BCUT2D eigenvalue weighted by Gasteiger charge is -2.33. The second kappa shape index (κ2) is 23.2. The third-order valence-corrected chi connectivity index (χ3v) is 11.5. The molecule has 0 saturated carbocycles. The quantitative estimate of drug-likeness (QED) is 0.0715. The summed E-state index contributed by atoms with van der Waals surface area (Å²) in [6.07, 6.45) is -1.34. The molecule has 1 aromatic heterocycles. The van der Waals surface area contributed by atoms with Crippen LogP contribution in [0.25, 0.3) is 22.5 Å². The van der Waals surface area contributed by atoms with E-state index in [2.05, 4.69) is 52.0 Å². The van der Waals surface area contributed by atoms with E-state index in [0.29, 0.717) is 22.8 Å². The average molecular weight is 950 g/mol. The maximum Gasteiger partial charge on any atom is 0.255 e. The van der Waals surface area contributed by atoms with Gasteiger partial charge in [-0.25, -0.2) is 9.97 Å². The van der Waals surface area contributed by atoms with Gasteiger partial charge in [-0.2, -0.15) is 5.26 Å². The predicted molar refractivity (Wildman–Crippen MR) is 257 cm³/mol. The van der Waals surface area contributed by atoms with E-state index >= 15 is 0 Å². The number of ether oxygens (including phenoxy) is 2. The molecule has 69 heavy (non-hydrogen) atoms. The number of hydrogen-bond donors (Lipinski definition) is 9. The first kappa shape index (κ1) is 52.8. The smallest absolute Gasteiger partial charge is 0.255 e. The molecule has 1 aliphatic heterocycles. The molecule has 2 heterocycles. The molecule has 5 amide bonds. The minimum absolute atomic E-state index is 0.0447. The topological polar surface area (TPSA) is 323 Å². The minimum atomic E-state index is -1.61. The van der Waals surface area contributed by atoms with Crippen LogP contribution in [0.15, 0.2) is 54.6 Å². The second-order valence-corrected chi connectivity index (χ2v) is 17.8. The van der Waals surface area contributed by atoms with Gasteiger partial charge in [-0.1, -0.05) is 51.1 Å². The summed E-state index contributed by atoms with van der Waals surface area (Å²) in [7, 11) is 1.33. The van der Waals surface area contributed by atoms with Gasteiger partial charge in [0.1, 0.15) is 55.8 Å². The highest BCUT2D eigenvalue weighted by atomic mass is 16.5. The molecule has 5 atom stereocenters. The van der Waals surface area contributed by atoms with Gasteiger partial charge in [0.15, 0.2) is 17.3 Å². The van der Waals surface area contributed by atoms with Crippen LogP contribution in [0.3, 0.4) is 0 Å². The Kier molecular flexibility index (Phi) is 17.8. The number of nitrogens with one attached hydrogen (secondary N) is 4. The van der Waals surface area contributed by atoms with Crippen molar-refractivity contribution in [3.63, 3.8) is 0 Å². The first-order chi connectivity index (χ1) is 32.7. The average Bonchev–Trinajstić information content (AvgIpc) is 3.31. The fourth-order valence-electron chi connectivity index (χ4n) is 7.79. The first-order valence-corrected chi connectivity index (χ1v) is 22.6. The number of aliphatic hydroxyl groups excluding tert-OH is 1. The number of phenolic OH excluding ortho intramolecular Hbond substituents is 1. The summed E-state index contributed by atoms with van der Waals surface area (Å²) in [6.45, 7) is 10.2. The number of nitrogens with zero attached hydrogens (tertiary/aromatic N) is 4. The number of nitrogens with two attached hydrogens (primary N) is 3. The lowest BCUT2D eigenvalue weighted by molar-refractivity contribution is -0.141. The number of fused-ring (bicyclic) bond motifs is 5. The van der Waals surface area contributed by atoms with Gasteiger partial charge in [-0.05, 0) is 80.1 Å². The Morgan fingerprint density at radius 3 is 2.23 bits per heavy atom. The molecule has 3 aromatic carbocycles. The van der Waals surface area contributed by atoms with Gasteiger partial charge in [-0.3, -0.25) is 24.0 Å². The van der Waals surface area contributed by atoms with Crippen molar-refractivity contribution >= 4 is 29.5 Å². The van der Waals surface area contributed by atoms with Crippen LogP contribution in [0.2, 0.25) is 0 Å². The molecule has 4 bridgehead atoms. The van der Waals surface area contributed by atoms with Gasteiger partial charge >= 0.3 is 0 Å². The van der Waals surface area contributed by atoms with Crippen molar-refractivity contribution in [1.82, 2.24) is 36.1 Å². The van der Waals surface area contributed by atoms with Crippen LogP contribution in [0.5, 0.6) is 17.2 Å². The second-order valence-electron chi connectivity index (χ2n) is 17.8. The summed E-state index contributed by atoms with van der Waals surface area (Å²) in [5.74, 6) is -3.81. The van der Waals surface area contributed by atoms with Crippen LogP contribution < -0.4 is 47.9 Å². The van der Waals surface area contributed by atoms with E-state index in [1.807, 2.05) is 30.3 Å². The molecule has 0 saturated heterocycles. The number of aromatic nitrogens is 2. The number of aliphatic hydroxyl groups is 1. The molecule has 0 aliphatic carbocycles. The Balaban J connectivity index is 1.62. The fraction of sp³-hybridized carbons (Fsp3) is 0.429. The fourth-order valence-corrected chi connectivity index (χ4v) is 7.79. The lowest BCUT2D eigenvalue weighted by atomic mass is 9.86. The summed E-state index contributed by atoms with van der Waals surface area (Å²) in [6, 6.07) is 11.8. The van der Waals surface area contributed by atoms with Crippen LogP contribution >= 0.6 is 0 Å². The van der Waals surface area contributed by atoms with Gasteiger partial charge < -0.3 is 63.1 Å². The lowest BCUT2D eigenvalue weighted by Crippen LogP contribution is -2.56. The van der Waals surface area contributed by atoms with Crippen LogP contribution in [0.4, 0.5) is 0 Å². The van der Waals surface area contributed by atoms with Gasteiger partial charge in [0.2, 0.25) is 23.6 Å².